The third-order valence-corrected chi connectivity index (χ3v) is 7.72. The maximum atomic E-state index is 11.8. The van der Waals surface area contributed by atoms with Crippen molar-refractivity contribution in [3.05, 3.63) is 64.2 Å². The van der Waals surface area contributed by atoms with E-state index in [4.69, 9.17) is 31.3 Å². The standard InChI is InChI=1S/C29H37ClN2O3.CH2O3/c1-21-18-24(8-13-27(21)35-17-16-32-28(33)14-15-29(32)34)20-31(19-23-6-4-3-5-7-23)22(2)25-9-11-26(30)12-10-25;2-1(3)4/h8-13,18,22-23H,3-7,14-17,19-20H2,1-2H3;(H2,2,3,4)/t22-;/m1./s1. The second-order valence-electron chi connectivity index (χ2n) is 10.3. The SMILES string of the molecule is Cc1cc(CN(CC2CCCCC2)[C@H](C)c2ccc(Cl)cc2)ccc1OCCN1C(=O)CCC1=O.O=C(O)O. The lowest BCUT2D eigenvalue weighted by Gasteiger charge is -2.34. The lowest BCUT2D eigenvalue weighted by atomic mass is 9.88. The highest BCUT2D eigenvalue weighted by atomic mass is 35.5. The topological polar surface area (TPSA) is 107 Å². The number of carbonyl (C=O) groups is 3. The van der Waals surface area contributed by atoms with Gasteiger partial charge in [-0.1, -0.05) is 55.1 Å². The van der Waals surface area contributed by atoms with Gasteiger partial charge in [0, 0.05) is 37.0 Å². The molecule has 1 heterocycles. The first-order chi connectivity index (χ1) is 18.6. The minimum Gasteiger partial charge on any atom is -0.491 e. The van der Waals surface area contributed by atoms with Gasteiger partial charge in [0.15, 0.2) is 0 Å². The quantitative estimate of drug-likeness (QED) is 0.319. The summed E-state index contributed by atoms with van der Waals surface area (Å²) >= 11 is 6.14. The third kappa shape index (κ3) is 9.55. The zero-order valence-corrected chi connectivity index (χ0v) is 23.5. The van der Waals surface area contributed by atoms with Gasteiger partial charge >= 0.3 is 6.16 Å². The number of aryl methyl sites for hydroxylation is 1. The Morgan fingerprint density at radius 3 is 2.26 bits per heavy atom. The van der Waals surface area contributed by atoms with Crippen molar-refractivity contribution >= 4 is 29.6 Å². The van der Waals surface area contributed by atoms with E-state index >= 15 is 0 Å². The Balaban J connectivity index is 0.000000983. The molecule has 9 heteroatoms. The van der Waals surface area contributed by atoms with Crippen LogP contribution in [0.5, 0.6) is 5.75 Å². The summed E-state index contributed by atoms with van der Waals surface area (Å²) in [7, 11) is 0. The maximum absolute atomic E-state index is 11.8. The highest BCUT2D eigenvalue weighted by Crippen LogP contribution is 2.31. The lowest BCUT2D eigenvalue weighted by molar-refractivity contribution is -0.138. The van der Waals surface area contributed by atoms with Crippen molar-refractivity contribution in [3.8, 4) is 5.75 Å². The summed E-state index contributed by atoms with van der Waals surface area (Å²) in [5.74, 6) is 1.35. The average Bonchev–Trinajstić information content (AvgIpc) is 3.22. The molecule has 1 aliphatic heterocycles. The van der Waals surface area contributed by atoms with Crippen LogP contribution in [-0.2, 0) is 16.1 Å². The third-order valence-electron chi connectivity index (χ3n) is 7.47. The van der Waals surface area contributed by atoms with Gasteiger partial charge in [-0.05, 0) is 67.5 Å². The molecule has 39 heavy (non-hydrogen) atoms. The summed E-state index contributed by atoms with van der Waals surface area (Å²) in [5.41, 5.74) is 3.61. The lowest BCUT2D eigenvalue weighted by Crippen LogP contribution is -2.33. The number of nitrogens with zero attached hydrogens (tertiary/aromatic N) is 2. The van der Waals surface area contributed by atoms with E-state index in [0.717, 1.165) is 35.3 Å². The Morgan fingerprint density at radius 2 is 1.67 bits per heavy atom. The molecule has 8 nitrogen and oxygen atoms in total. The van der Waals surface area contributed by atoms with Crippen LogP contribution in [0.25, 0.3) is 0 Å². The Labute approximate surface area is 235 Å². The molecule has 2 amide bonds. The number of carboxylic acid groups (broad SMARTS) is 2. The normalized spacial score (nSPS) is 16.7. The zero-order valence-electron chi connectivity index (χ0n) is 22.8. The number of imide groups is 1. The van der Waals surface area contributed by atoms with Crippen LogP contribution in [0.15, 0.2) is 42.5 Å². The van der Waals surface area contributed by atoms with E-state index in [1.165, 1.54) is 48.1 Å². The van der Waals surface area contributed by atoms with E-state index in [9.17, 15) is 9.59 Å². The molecule has 0 aromatic heterocycles. The summed E-state index contributed by atoms with van der Waals surface area (Å²) < 4.78 is 5.93. The molecule has 2 fully saturated rings. The second kappa shape index (κ2) is 14.9. The number of ether oxygens (including phenoxy) is 1. The van der Waals surface area contributed by atoms with Gasteiger partial charge in [-0.15, -0.1) is 0 Å². The molecule has 212 valence electrons. The van der Waals surface area contributed by atoms with Gasteiger partial charge in [0.25, 0.3) is 0 Å². The number of amides is 2. The number of carbonyl (C=O) groups excluding carboxylic acids is 2. The summed E-state index contributed by atoms with van der Waals surface area (Å²) in [6.45, 7) is 6.94. The molecule has 4 rings (SSSR count). The minimum atomic E-state index is -1.83. The monoisotopic (exact) mass is 558 g/mol. The van der Waals surface area contributed by atoms with Crippen LogP contribution in [0.1, 0.15) is 74.6 Å². The smallest absolute Gasteiger partial charge is 0.491 e. The molecule has 0 radical (unpaired) electrons. The average molecular weight is 559 g/mol. The van der Waals surface area contributed by atoms with Crippen molar-refractivity contribution in [1.29, 1.82) is 0 Å². The highest BCUT2D eigenvalue weighted by molar-refractivity contribution is 6.30. The molecule has 0 spiro atoms. The van der Waals surface area contributed by atoms with E-state index in [0.29, 0.717) is 32.0 Å². The van der Waals surface area contributed by atoms with Gasteiger partial charge in [0.1, 0.15) is 12.4 Å². The first kappa shape index (κ1) is 30.4. The van der Waals surface area contributed by atoms with E-state index in [1.54, 1.807) is 0 Å². The van der Waals surface area contributed by atoms with Crippen molar-refractivity contribution in [2.24, 2.45) is 5.92 Å². The summed E-state index contributed by atoms with van der Waals surface area (Å²) in [5, 5.41) is 14.7. The number of hydrogen-bond acceptors (Lipinski definition) is 5. The number of halogens is 1. The van der Waals surface area contributed by atoms with Gasteiger partial charge in [-0.2, -0.15) is 0 Å². The Kier molecular flexibility index (Phi) is 11.6. The van der Waals surface area contributed by atoms with Crippen LogP contribution in [0.3, 0.4) is 0 Å². The predicted octanol–water partition coefficient (Wildman–Crippen LogP) is 6.54. The molecule has 2 aromatic carbocycles. The Bertz CT molecular complexity index is 1100. The summed E-state index contributed by atoms with van der Waals surface area (Å²) in [4.78, 5) is 36.1. The molecule has 1 atom stereocenters. The molecule has 1 saturated carbocycles. The van der Waals surface area contributed by atoms with Crippen LogP contribution >= 0.6 is 11.6 Å². The predicted molar refractivity (Wildman–Crippen MR) is 150 cm³/mol. The second-order valence-corrected chi connectivity index (χ2v) is 10.8. The number of likely N-dealkylation sites (tertiary alicyclic amines) is 1. The van der Waals surface area contributed by atoms with Gasteiger partial charge < -0.3 is 14.9 Å². The first-order valence-corrected chi connectivity index (χ1v) is 14.0. The van der Waals surface area contributed by atoms with Gasteiger partial charge in [-0.3, -0.25) is 19.4 Å². The van der Waals surface area contributed by atoms with Crippen LogP contribution < -0.4 is 4.74 Å². The maximum Gasteiger partial charge on any atom is 0.503 e. The van der Waals surface area contributed by atoms with Crippen molar-refractivity contribution in [3.63, 3.8) is 0 Å². The first-order valence-electron chi connectivity index (χ1n) is 13.6. The van der Waals surface area contributed by atoms with Crippen LogP contribution in [-0.4, -0.2) is 57.7 Å². The molecule has 2 aliphatic rings. The highest BCUT2D eigenvalue weighted by Gasteiger charge is 2.28. The van der Waals surface area contributed by atoms with E-state index in [2.05, 4.69) is 43.0 Å². The number of benzene rings is 2. The fourth-order valence-corrected chi connectivity index (χ4v) is 5.46. The van der Waals surface area contributed by atoms with Crippen LogP contribution in [0.4, 0.5) is 4.79 Å². The molecule has 1 saturated heterocycles. The van der Waals surface area contributed by atoms with Crippen LogP contribution in [0.2, 0.25) is 5.02 Å². The fourth-order valence-electron chi connectivity index (χ4n) is 5.34. The molecule has 2 aromatic rings. The van der Waals surface area contributed by atoms with E-state index in [-0.39, 0.29) is 11.8 Å². The van der Waals surface area contributed by atoms with E-state index in [1.807, 2.05) is 18.2 Å². The molecule has 1 aliphatic carbocycles. The molecule has 0 unspecified atom stereocenters. The van der Waals surface area contributed by atoms with Gasteiger partial charge in [0.05, 0.1) is 6.54 Å². The summed E-state index contributed by atoms with van der Waals surface area (Å²) in [6, 6.07) is 14.9. The molecule has 2 N–H and O–H groups in total. The molecular weight excluding hydrogens is 520 g/mol. The van der Waals surface area contributed by atoms with Gasteiger partial charge in [0.2, 0.25) is 11.8 Å². The minimum absolute atomic E-state index is 0.0986. The Hall–Kier alpha value is -3.10. The largest absolute Gasteiger partial charge is 0.503 e. The molecular formula is C30H39ClN2O6. The van der Waals surface area contributed by atoms with Crippen molar-refractivity contribution < 1.29 is 29.3 Å². The van der Waals surface area contributed by atoms with Crippen molar-refractivity contribution in [1.82, 2.24) is 9.80 Å². The fraction of sp³-hybridized carbons (Fsp3) is 0.500. The van der Waals surface area contributed by atoms with E-state index < -0.39 is 6.16 Å². The zero-order chi connectivity index (χ0) is 28.4. The molecule has 0 bridgehead atoms. The van der Waals surface area contributed by atoms with Crippen molar-refractivity contribution in [2.75, 3.05) is 19.7 Å². The summed E-state index contributed by atoms with van der Waals surface area (Å²) in [6.07, 6.45) is 5.48. The van der Waals surface area contributed by atoms with Crippen LogP contribution in [0, 0.1) is 12.8 Å². The Morgan fingerprint density at radius 1 is 1.05 bits per heavy atom. The van der Waals surface area contributed by atoms with Crippen molar-refractivity contribution in [2.45, 2.75) is 71.4 Å². The number of hydrogen-bond donors (Lipinski definition) is 2. The number of rotatable bonds is 10. The van der Waals surface area contributed by atoms with Gasteiger partial charge in [-0.25, -0.2) is 4.79 Å².